The van der Waals surface area contributed by atoms with Crippen LogP contribution in [0.25, 0.3) is 0 Å². The maximum Gasteiger partial charge on any atom is 0.179 e. The van der Waals surface area contributed by atoms with Crippen molar-refractivity contribution in [3.05, 3.63) is 41.4 Å². The Morgan fingerprint density at radius 1 is 1.29 bits per heavy atom. The highest BCUT2D eigenvalue weighted by atomic mass is 35.5. The van der Waals surface area contributed by atoms with Crippen LogP contribution in [0.1, 0.15) is 18.9 Å². The van der Waals surface area contributed by atoms with E-state index in [1.165, 1.54) is 0 Å². The van der Waals surface area contributed by atoms with Crippen molar-refractivity contribution < 1.29 is 9.47 Å². The highest BCUT2D eigenvalue weighted by molar-refractivity contribution is 6.32. The second-order valence-corrected chi connectivity index (χ2v) is 5.28. The molecular weight excluding hydrogens is 373 g/mol. The lowest BCUT2D eigenvalue weighted by Gasteiger charge is -2.13. The van der Waals surface area contributed by atoms with Gasteiger partial charge in [-0.15, -0.1) is 24.8 Å². The minimum atomic E-state index is 0. The minimum Gasteiger partial charge on any atom is -0.493 e. The van der Waals surface area contributed by atoms with E-state index < -0.39 is 0 Å². The molecule has 0 fully saturated rings. The van der Waals surface area contributed by atoms with E-state index in [4.69, 9.17) is 21.1 Å². The summed E-state index contributed by atoms with van der Waals surface area (Å²) in [6.45, 7) is 5.10. The molecule has 136 valence electrons. The molecule has 8 heteroatoms. The van der Waals surface area contributed by atoms with Crippen LogP contribution in [0.2, 0.25) is 5.02 Å². The van der Waals surface area contributed by atoms with E-state index in [0.717, 1.165) is 31.6 Å². The van der Waals surface area contributed by atoms with Gasteiger partial charge in [0.1, 0.15) is 0 Å². The van der Waals surface area contributed by atoms with Gasteiger partial charge in [0.25, 0.3) is 0 Å². The largest absolute Gasteiger partial charge is 0.493 e. The first-order chi connectivity index (χ1) is 10.7. The average molecular weight is 397 g/mol. The topological polar surface area (TPSA) is 48.3 Å². The number of ether oxygens (including phenoxy) is 2. The molecule has 5 nitrogen and oxygen atoms in total. The predicted octanol–water partition coefficient (Wildman–Crippen LogP) is 3.97. The summed E-state index contributed by atoms with van der Waals surface area (Å²) in [4.78, 5) is 4.02. The Morgan fingerprint density at radius 2 is 2.08 bits per heavy atom. The van der Waals surface area contributed by atoms with E-state index in [1.54, 1.807) is 13.3 Å². The monoisotopic (exact) mass is 395 g/mol. The zero-order valence-corrected chi connectivity index (χ0v) is 16.2. The number of methoxy groups -OCH3 is 1. The van der Waals surface area contributed by atoms with Crippen LogP contribution in [0.4, 0.5) is 0 Å². The summed E-state index contributed by atoms with van der Waals surface area (Å²) in [6.07, 6.45) is 6.63. The molecular formula is C16H24Cl3N3O2. The van der Waals surface area contributed by atoms with Gasteiger partial charge in [-0.05, 0) is 37.6 Å². The summed E-state index contributed by atoms with van der Waals surface area (Å²) in [7, 11) is 1.62. The third kappa shape index (κ3) is 6.77. The first kappa shape index (κ1) is 22.9. The van der Waals surface area contributed by atoms with Gasteiger partial charge in [0.05, 0.1) is 25.1 Å². The molecule has 0 aliphatic heterocycles. The van der Waals surface area contributed by atoms with E-state index in [0.29, 0.717) is 23.1 Å². The molecule has 1 aromatic carbocycles. The van der Waals surface area contributed by atoms with Gasteiger partial charge in [-0.3, -0.25) is 0 Å². The molecule has 24 heavy (non-hydrogen) atoms. The molecule has 0 bridgehead atoms. The number of nitrogens with zero attached hydrogens (tertiary/aromatic N) is 2. The molecule has 2 aromatic rings. The number of benzene rings is 1. The molecule has 0 aliphatic carbocycles. The van der Waals surface area contributed by atoms with Crippen LogP contribution >= 0.6 is 36.4 Å². The van der Waals surface area contributed by atoms with Gasteiger partial charge >= 0.3 is 0 Å². The third-order valence-corrected chi connectivity index (χ3v) is 3.52. The molecule has 0 radical (unpaired) electrons. The standard InChI is InChI=1S/C16H22ClN3O2.2ClH/c1-3-22-16-14(17)9-13(10-15(16)21-2)11-18-5-4-7-20-8-6-19-12-20;;/h6,8-10,12,18H,3-5,7,11H2,1-2H3;2*1H. The lowest BCUT2D eigenvalue weighted by Crippen LogP contribution is -2.16. The van der Waals surface area contributed by atoms with Crippen LogP contribution in [-0.4, -0.2) is 29.8 Å². The zero-order valence-electron chi connectivity index (χ0n) is 13.8. The van der Waals surface area contributed by atoms with E-state index >= 15 is 0 Å². The van der Waals surface area contributed by atoms with Crippen LogP contribution in [0, 0.1) is 0 Å². The Morgan fingerprint density at radius 3 is 2.71 bits per heavy atom. The average Bonchev–Trinajstić information content (AvgIpc) is 3.02. The van der Waals surface area contributed by atoms with Crippen molar-refractivity contribution in [2.24, 2.45) is 0 Å². The predicted molar refractivity (Wildman–Crippen MR) is 102 cm³/mol. The fourth-order valence-electron chi connectivity index (χ4n) is 2.20. The van der Waals surface area contributed by atoms with Crippen molar-refractivity contribution in [1.82, 2.24) is 14.9 Å². The van der Waals surface area contributed by atoms with Crippen LogP contribution in [0.5, 0.6) is 11.5 Å². The molecule has 0 amide bonds. The number of nitrogens with one attached hydrogen (secondary N) is 1. The zero-order chi connectivity index (χ0) is 15.8. The van der Waals surface area contributed by atoms with Crippen molar-refractivity contribution in [1.29, 1.82) is 0 Å². The Hall–Kier alpha value is -1.14. The summed E-state index contributed by atoms with van der Waals surface area (Å²) in [5.41, 5.74) is 1.08. The summed E-state index contributed by atoms with van der Waals surface area (Å²) in [6, 6.07) is 3.87. The molecule has 0 unspecified atom stereocenters. The second kappa shape index (κ2) is 12.3. The lowest BCUT2D eigenvalue weighted by molar-refractivity contribution is 0.311. The van der Waals surface area contributed by atoms with Crippen molar-refractivity contribution >= 4 is 36.4 Å². The Bertz CT molecular complexity index is 580. The van der Waals surface area contributed by atoms with Gasteiger partial charge in [0.2, 0.25) is 0 Å². The summed E-state index contributed by atoms with van der Waals surface area (Å²) < 4.78 is 12.9. The normalized spacial score (nSPS) is 9.79. The lowest BCUT2D eigenvalue weighted by atomic mass is 10.2. The number of aromatic nitrogens is 2. The molecule has 0 aliphatic rings. The maximum atomic E-state index is 6.26. The molecule has 1 aromatic heterocycles. The number of hydrogen-bond donors (Lipinski definition) is 1. The molecule has 0 atom stereocenters. The van der Waals surface area contributed by atoms with Gasteiger partial charge < -0.3 is 19.4 Å². The van der Waals surface area contributed by atoms with Gasteiger partial charge in [-0.25, -0.2) is 4.98 Å². The van der Waals surface area contributed by atoms with Crippen molar-refractivity contribution in [3.63, 3.8) is 0 Å². The van der Waals surface area contributed by atoms with Crippen LogP contribution in [0.3, 0.4) is 0 Å². The summed E-state index contributed by atoms with van der Waals surface area (Å²) in [5, 5.41) is 3.99. The smallest absolute Gasteiger partial charge is 0.179 e. The number of hydrogen-bond acceptors (Lipinski definition) is 4. The van der Waals surface area contributed by atoms with E-state index in [2.05, 4.69) is 14.9 Å². The van der Waals surface area contributed by atoms with E-state index in [-0.39, 0.29) is 24.8 Å². The summed E-state index contributed by atoms with van der Waals surface area (Å²) in [5.74, 6) is 1.28. The van der Waals surface area contributed by atoms with Crippen molar-refractivity contribution in [3.8, 4) is 11.5 Å². The van der Waals surface area contributed by atoms with Gasteiger partial charge in [0.15, 0.2) is 11.5 Å². The van der Waals surface area contributed by atoms with Gasteiger partial charge in [-0.2, -0.15) is 0 Å². The number of aryl methyl sites for hydroxylation is 1. The quantitative estimate of drug-likeness (QED) is 0.652. The second-order valence-electron chi connectivity index (χ2n) is 4.87. The number of rotatable bonds is 9. The SMILES string of the molecule is CCOc1c(Cl)cc(CNCCCn2ccnc2)cc1OC.Cl.Cl. The first-order valence-corrected chi connectivity index (χ1v) is 7.78. The Balaban J connectivity index is 0.00000264. The van der Waals surface area contributed by atoms with E-state index in [9.17, 15) is 0 Å². The molecule has 0 saturated heterocycles. The highest BCUT2D eigenvalue weighted by Gasteiger charge is 2.11. The van der Waals surface area contributed by atoms with Crippen molar-refractivity contribution in [2.75, 3.05) is 20.3 Å². The fourth-order valence-corrected chi connectivity index (χ4v) is 2.49. The maximum absolute atomic E-state index is 6.26. The van der Waals surface area contributed by atoms with Crippen LogP contribution in [0.15, 0.2) is 30.9 Å². The molecule has 0 saturated carbocycles. The number of halogens is 3. The first-order valence-electron chi connectivity index (χ1n) is 7.40. The molecule has 1 N–H and O–H groups in total. The third-order valence-electron chi connectivity index (χ3n) is 3.24. The molecule has 1 heterocycles. The van der Waals surface area contributed by atoms with Gasteiger partial charge in [0, 0.05) is 25.5 Å². The fraction of sp³-hybridized carbons (Fsp3) is 0.438. The van der Waals surface area contributed by atoms with Crippen molar-refractivity contribution in [2.45, 2.75) is 26.4 Å². The van der Waals surface area contributed by atoms with Crippen LogP contribution < -0.4 is 14.8 Å². The number of imidazole rings is 1. The summed E-state index contributed by atoms with van der Waals surface area (Å²) >= 11 is 6.26. The Labute approximate surface area is 160 Å². The van der Waals surface area contributed by atoms with E-state index in [1.807, 2.05) is 31.6 Å². The Kier molecular flexibility index (Phi) is 11.7. The van der Waals surface area contributed by atoms with Crippen LogP contribution in [-0.2, 0) is 13.1 Å². The highest BCUT2D eigenvalue weighted by Crippen LogP contribution is 2.36. The molecule has 2 rings (SSSR count). The molecule has 0 spiro atoms. The minimum absolute atomic E-state index is 0. The van der Waals surface area contributed by atoms with Gasteiger partial charge in [-0.1, -0.05) is 11.6 Å².